The number of ether oxygens (including phenoxy) is 1. The molecule has 30 heavy (non-hydrogen) atoms. The van der Waals surface area contributed by atoms with E-state index in [2.05, 4.69) is 19.1 Å². The van der Waals surface area contributed by atoms with Crippen molar-refractivity contribution in [1.82, 2.24) is 0 Å². The number of hydrogen-bond acceptors (Lipinski definition) is 1. The first-order chi connectivity index (χ1) is 14.6. The minimum absolute atomic E-state index is 0.0367. The Labute approximate surface area is 181 Å². The number of hydrogen-bond donors (Lipinski definition) is 0. The fourth-order valence-electron chi connectivity index (χ4n) is 7.17. The first kappa shape index (κ1) is 21.8. The van der Waals surface area contributed by atoms with Gasteiger partial charge in [-0.3, -0.25) is 0 Å². The molecule has 0 saturated heterocycles. The quantitative estimate of drug-likeness (QED) is 0.409. The van der Waals surface area contributed by atoms with Gasteiger partial charge in [0.15, 0.2) is 11.6 Å². The molecule has 3 aliphatic carbocycles. The third kappa shape index (κ3) is 4.32. The van der Waals surface area contributed by atoms with Crippen molar-refractivity contribution in [3.05, 3.63) is 41.5 Å². The van der Waals surface area contributed by atoms with Crippen molar-refractivity contribution in [2.24, 2.45) is 29.6 Å². The largest absolute Gasteiger partial charge is 0.491 e. The van der Waals surface area contributed by atoms with Crippen LogP contribution in [0.1, 0.15) is 89.5 Å². The van der Waals surface area contributed by atoms with Crippen molar-refractivity contribution < 1.29 is 13.5 Å². The molecule has 3 aliphatic rings. The zero-order chi connectivity index (χ0) is 21.1. The van der Waals surface area contributed by atoms with Crippen LogP contribution in [-0.2, 0) is 0 Å². The summed E-state index contributed by atoms with van der Waals surface area (Å²) in [4.78, 5) is 0. The zero-order valence-corrected chi connectivity index (χ0v) is 18.7. The lowest BCUT2D eigenvalue weighted by atomic mass is 9.70. The van der Waals surface area contributed by atoms with Gasteiger partial charge in [-0.25, -0.2) is 4.39 Å². The molecule has 0 radical (unpaired) electrons. The molecule has 0 bridgehead atoms. The van der Waals surface area contributed by atoms with Gasteiger partial charge in [-0.15, -0.1) is 0 Å². The Morgan fingerprint density at radius 1 is 0.900 bits per heavy atom. The van der Waals surface area contributed by atoms with Gasteiger partial charge in [-0.05, 0) is 125 Å². The van der Waals surface area contributed by atoms with Crippen LogP contribution in [0.2, 0.25) is 0 Å². The minimum atomic E-state index is -0.815. The van der Waals surface area contributed by atoms with E-state index >= 15 is 0 Å². The van der Waals surface area contributed by atoms with Gasteiger partial charge in [0.25, 0.3) is 0 Å². The summed E-state index contributed by atoms with van der Waals surface area (Å²) < 4.78 is 34.2. The summed E-state index contributed by atoms with van der Waals surface area (Å²) in [6.07, 6.45) is 17.1. The smallest absolute Gasteiger partial charge is 0.200 e. The van der Waals surface area contributed by atoms with Crippen molar-refractivity contribution in [2.75, 3.05) is 6.61 Å². The second kappa shape index (κ2) is 9.83. The van der Waals surface area contributed by atoms with Gasteiger partial charge >= 0.3 is 0 Å². The molecule has 1 nitrogen and oxygen atoms in total. The third-order valence-corrected chi connectivity index (χ3v) is 8.54. The van der Waals surface area contributed by atoms with Gasteiger partial charge in [0.05, 0.1) is 6.61 Å². The van der Waals surface area contributed by atoms with E-state index < -0.39 is 11.6 Å². The minimum Gasteiger partial charge on any atom is -0.491 e. The van der Waals surface area contributed by atoms with Crippen LogP contribution in [-0.4, -0.2) is 6.61 Å². The fourth-order valence-corrected chi connectivity index (χ4v) is 7.17. The maximum Gasteiger partial charge on any atom is 0.200 e. The molecule has 3 heteroatoms. The maximum absolute atomic E-state index is 14.7. The second-order valence-electron chi connectivity index (χ2n) is 9.88. The molecular formula is C27H38F2O. The van der Waals surface area contributed by atoms with Crippen LogP contribution in [0.4, 0.5) is 8.78 Å². The van der Waals surface area contributed by atoms with Crippen LogP contribution in [0, 0.1) is 41.2 Å². The van der Waals surface area contributed by atoms with Crippen LogP contribution in [0.25, 0.3) is 0 Å². The monoisotopic (exact) mass is 416 g/mol. The maximum atomic E-state index is 14.7. The lowest BCUT2D eigenvalue weighted by Gasteiger charge is -2.35. The summed E-state index contributed by atoms with van der Waals surface area (Å²) in [5, 5.41) is 0. The lowest BCUT2D eigenvalue weighted by Crippen LogP contribution is -2.25. The average molecular weight is 417 g/mol. The lowest BCUT2D eigenvalue weighted by molar-refractivity contribution is 0.178. The summed E-state index contributed by atoms with van der Waals surface area (Å²) in [5.41, 5.74) is 0.559. The summed E-state index contributed by atoms with van der Waals surface area (Å²) in [7, 11) is 0. The molecule has 4 rings (SSSR count). The van der Waals surface area contributed by atoms with Crippen molar-refractivity contribution in [3.63, 3.8) is 0 Å². The third-order valence-electron chi connectivity index (χ3n) is 8.54. The van der Waals surface area contributed by atoms with E-state index in [-0.39, 0.29) is 11.7 Å². The summed E-state index contributed by atoms with van der Waals surface area (Å²) in [6, 6.07) is 3.36. The Morgan fingerprint density at radius 2 is 1.63 bits per heavy atom. The molecule has 0 N–H and O–H groups in total. The number of halogens is 2. The predicted molar refractivity (Wildman–Crippen MR) is 119 cm³/mol. The van der Waals surface area contributed by atoms with Crippen molar-refractivity contribution >= 4 is 0 Å². The zero-order valence-electron chi connectivity index (χ0n) is 18.7. The second-order valence-corrected chi connectivity index (χ2v) is 9.88. The van der Waals surface area contributed by atoms with Gasteiger partial charge in [-0.1, -0.05) is 18.2 Å². The van der Waals surface area contributed by atoms with Crippen LogP contribution in [0.3, 0.4) is 0 Å². The van der Waals surface area contributed by atoms with Crippen LogP contribution in [0.5, 0.6) is 5.75 Å². The Hall–Kier alpha value is -1.38. The highest BCUT2D eigenvalue weighted by Crippen LogP contribution is 2.56. The SMILES string of the molecule is C/C=C/CCC1CCC2C(C3CCC(c4ccc(OCC)c(F)c4F)CC3)CCC12. The van der Waals surface area contributed by atoms with Gasteiger partial charge in [0.2, 0.25) is 5.82 Å². The molecule has 3 saturated carbocycles. The van der Waals surface area contributed by atoms with Crippen LogP contribution in [0.15, 0.2) is 24.3 Å². The molecular weight excluding hydrogens is 378 g/mol. The van der Waals surface area contributed by atoms with Crippen LogP contribution >= 0.6 is 0 Å². The molecule has 0 heterocycles. The summed E-state index contributed by atoms with van der Waals surface area (Å²) in [6.45, 7) is 4.25. The van der Waals surface area contributed by atoms with Gasteiger partial charge < -0.3 is 4.74 Å². The Balaban J connectivity index is 1.34. The molecule has 0 amide bonds. The normalized spacial score (nSPS) is 33.9. The number of rotatable bonds is 7. The van der Waals surface area contributed by atoms with E-state index in [1.54, 1.807) is 19.1 Å². The van der Waals surface area contributed by atoms with E-state index in [4.69, 9.17) is 4.74 Å². The van der Waals surface area contributed by atoms with E-state index in [1.807, 2.05) is 0 Å². The Bertz CT molecular complexity index is 735. The van der Waals surface area contributed by atoms with Gasteiger partial charge in [0.1, 0.15) is 0 Å². The standard InChI is InChI=1S/C27H38F2O/c1-3-5-6-7-18-12-13-24-21(18)14-15-22(24)19-8-10-20(11-9-19)23-16-17-25(30-4-2)27(29)26(23)28/h3,5,16-22,24H,4,6-15H2,1-2H3/b5-3+. The highest BCUT2D eigenvalue weighted by Gasteiger charge is 2.47. The molecule has 0 spiro atoms. The Morgan fingerprint density at radius 3 is 2.37 bits per heavy atom. The van der Waals surface area contributed by atoms with E-state index in [0.29, 0.717) is 12.2 Å². The van der Waals surface area contributed by atoms with Crippen molar-refractivity contribution in [1.29, 1.82) is 0 Å². The summed E-state index contributed by atoms with van der Waals surface area (Å²) >= 11 is 0. The van der Waals surface area contributed by atoms with Crippen molar-refractivity contribution in [2.45, 2.75) is 84.0 Å². The highest BCUT2D eigenvalue weighted by molar-refractivity contribution is 5.33. The topological polar surface area (TPSA) is 9.23 Å². The molecule has 166 valence electrons. The molecule has 3 fully saturated rings. The van der Waals surface area contributed by atoms with E-state index in [9.17, 15) is 8.78 Å². The molecule has 1 aromatic carbocycles. The molecule has 0 aliphatic heterocycles. The Kier molecular flexibility index (Phi) is 7.16. The molecule has 4 atom stereocenters. The molecule has 4 unspecified atom stereocenters. The highest BCUT2D eigenvalue weighted by atomic mass is 19.2. The van der Waals surface area contributed by atoms with Crippen molar-refractivity contribution in [3.8, 4) is 5.75 Å². The number of allylic oxidation sites excluding steroid dienone is 2. The molecule has 1 aromatic rings. The van der Waals surface area contributed by atoms with E-state index in [1.165, 1.54) is 51.4 Å². The predicted octanol–water partition coefficient (Wildman–Crippen LogP) is 8.05. The molecule has 0 aromatic heterocycles. The van der Waals surface area contributed by atoms with Gasteiger partial charge in [-0.2, -0.15) is 4.39 Å². The number of benzene rings is 1. The van der Waals surface area contributed by atoms with E-state index in [0.717, 1.165) is 42.4 Å². The van der Waals surface area contributed by atoms with Gasteiger partial charge in [0, 0.05) is 0 Å². The average Bonchev–Trinajstić information content (AvgIpc) is 3.35. The fraction of sp³-hybridized carbons (Fsp3) is 0.704. The first-order valence-electron chi connectivity index (χ1n) is 12.4. The first-order valence-corrected chi connectivity index (χ1v) is 12.4. The van der Waals surface area contributed by atoms with Crippen LogP contribution < -0.4 is 4.74 Å². The number of fused-ring (bicyclic) bond motifs is 1. The summed E-state index contributed by atoms with van der Waals surface area (Å²) in [5.74, 6) is 3.18.